The van der Waals surface area contributed by atoms with Crippen LogP contribution < -0.4 is 5.48 Å². The summed E-state index contributed by atoms with van der Waals surface area (Å²) in [5.74, 6) is 0. The number of hydrogen-bond donors (Lipinski definition) is 1. The summed E-state index contributed by atoms with van der Waals surface area (Å²) in [5.41, 5.74) is 7.43. The number of hydroxylamine groups is 1. The fourth-order valence-corrected chi connectivity index (χ4v) is 2.33. The molecule has 1 atom stereocenters. The zero-order valence-corrected chi connectivity index (χ0v) is 11.3. The molecule has 1 unspecified atom stereocenters. The molecule has 1 aliphatic heterocycles. The first-order chi connectivity index (χ1) is 9.24. The van der Waals surface area contributed by atoms with E-state index >= 15 is 0 Å². The molecule has 1 N–H and O–H groups in total. The van der Waals surface area contributed by atoms with E-state index in [4.69, 9.17) is 16.4 Å². The zero-order valence-electron chi connectivity index (χ0n) is 10.6. The molecule has 0 saturated carbocycles. The molecule has 0 spiro atoms. The first-order valence-electron chi connectivity index (χ1n) is 6.23. The fourth-order valence-electron chi connectivity index (χ4n) is 2.20. The maximum atomic E-state index is 5.94. The van der Waals surface area contributed by atoms with Crippen molar-refractivity contribution in [2.24, 2.45) is 0 Å². The van der Waals surface area contributed by atoms with Crippen molar-refractivity contribution in [3.63, 3.8) is 0 Å². The van der Waals surface area contributed by atoms with Crippen molar-refractivity contribution in [3.05, 3.63) is 65.2 Å². The van der Waals surface area contributed by atoms with Crippen LogP contribution in [0.25, 0.3) is 16.8 Å². The lowest BCUT2D eigenvalue weighted by Crippen LogP contribution is -2.09. The summed E-state index contributed by atoms with van der Waals surface area (Å²) >= 11 is 5.94. The SMILES string of the molecule is CC1C=C(c2ccccc2-c2ccc(Cl)cc2)NO1. The van der Waals surface area contributed by atoms with Crippen LogP contribution in [0.5, 0.6) is 0 Å². The average molecular weight is 272 g/mol. The van der Waals surface area contributed by atoms with Crippen LogP contribution in [0.3, 0.4) is 0 Å². The molecule has 0 radical (unpaired) electrons. The Hall–Kier alpha value is -1.77. The quantitative estimate of drug-likeness (QED) is 0.881. The lowest BCUT2D eigenvalue weighted by atomic mass is 9.97. The number of hydrogen-bond acceptors (Lipinski definition) is 2. The minimum atomic E-state index is 0.0910. The second kappa shape index (κ2) is 5.08. The third kappa shape index (κ3) is 2.50. The molecule has 0 aromatic heterocycles. The van der Waals surface area contributed by atoms with Crippen LogP contribution in [0, 0.1) is 0 Å². The lowest BCUT2D eigenvalue weighted by molar-refractivity contribution is 0.0625. The summed E-state index contributed by atoms with van der Waals surface area (Å²) in [6.07, 6.45) is 2.17. The van der Waals surface area contributed by atoms with Gasteiger partial charge in [-0.2, -0.15) is 0 Å². The molecule has 3 rings (SSSR count). The predicted molar refractivity (Wildman–Crippen MR) is 78.5 cm³/mol. The van der Waals surface area contributed by atoms with E-state index in [-0.39, 0.29) is 6.10 Å². The number of rotatable bonds is 2. The van der Waals surface area contributed by atoms with Gasteiger partial charge in [0.2, 0.25) is 0 Å². The molecule has 2 aromatic rings. The van der Waals surface area contributed by atoms with Crippen LogP contribution in [0.15, 0.2) is 54.6 Å². The topological polar surface area (TPSA) is 21.3 Å². The molecule has 19 heavy (non-hydrogen) atoms. The van der Waals surface area contributed by atoms with Crippen molar-refractivity contribution < 1.29 is 4.84 Å². The van der Waals surface area contributed by atoms with Gasteiger partial charge in [-0.3, -0.25) is 10.3 Å². The Bertz CT molecular complexity index is 619. The normalized spacial score (nSPS) is 18.0. The van der Waals surface area contributed by atoms with Gasteiger partial charge in [0.05, 0.1) is 5.70 Å². The molecule has 0 bridgehead atoms. The van der Waals surface area contributed by atoms with Gasteiger partial charge in [0, 0.05) is 10.6 Å². The maximum absolute atomic E-state index is 5.94. The molecular formula is C16H14ClNO. The zero-order chi connectivity index (χ0) is 13.2. The molecule has 0 saturated heterocycles. The van der Waals surface area contributed by atoms with E-state index in [1.165, 1.54) is 0 Å². The molecule has 0 aliphatic carbocycles. The van der Waals surface area contributed by atoms with E-state index in [0.717, 1.165) is 27.4 Å². The molecule has 2 nitrogen and oxygen atoms in total. The molecule has 96 valence electrons. The number of halogens is 1. The van der Waals surface area contributed by atoms with Crippen LogP contribution in [0.1, 0.15) is 12.5 Å². The van der Waals surface area contributed by atoms with E-state index in [0.29, 0.717) is 0 Å². The van der Waals surface area contributed by atoms with Crippen LogP contribution in [0.4, 0.5) is 0 Å². The number of nitrogens with one attached hydrogen (secondary N) is 1. The Balaban J connectivity index is 2.07. The van der Waals surface area contributed by atoms with Crippen LogP contribution >= 0.6 is 11.6 Å². The van der Waals surface area contributed by atoms with E-state index < -0.39 is 0 Å². The van der Waals surface area contributed by atoms with Gasteiger partial charge in [-0.15, -0.1) is 0 Å². The average Bonchev–Trinajstić information content (AvgIpc) is 2.86. The summed E-state index contributed by atoms with van der Waals surface area (Å²) in [6.45, 7) is 2.00. The Morgan fingerprint density at radius 3 is 2.32 bits per heavy atom. The third-order valence-electron chi connectivity index (χ3n) is 3.13. The van der Waals surface area contributed by atoms with Gasteiger partial charge in [-0.05, 0) is 36.3 Å². The van der Waals surface area contributed by atoms with Crippen LogP contribution in [0.2, 0.25) is 5.02 Å². The highest BCUT2D eigenvalue weighted by Crippen LogP contribution is 2.30. The molecule has 1 heterocycles. The molecule has 2 aromatic carbocycles. The Kier molecular flexibility index (Phi) is 3.28. The van der Waals surface area contributed by atoms with Crippen molar-refractivity contribution in [3.8, 4) is 11.1 Å². The Morgan fingerprint density at radius 2 is 1.68 bits per heavy atom. The Morgan fingerprint density at radius 1 is 1.00 bits per heavy atom. The van der Waals surface area contributed by atoms with Crippen molar-refractivity contribution in [1.29, 1.82) is 0 Å². The lowest BCUT2D eigenvalue weighted by Gasteiger charge is -2.11. The first kappa shape index (κ1) is 12.3. The van der Waals surface area contributed by atoms with Gasteiger partial charge in [0.25, 0.3) is 0 Å². The minimum Gasteiger partial charge on any atom is -0.269 e. The van der Waals surface area contributed by atoms with Crippen molar-refractivity contribution >= 4 is 17.3 Å². The maximum Gasteiger partial charge on any atom is 0.103 e. The second-order valence-corrected chi connectivity index (χ2v) is 4.99. The van der Waals surface area contributed by atoms with E-state index in [2.05, 4.69) is 23.7 Å². The van der Waals surface area contributed by atoms with Crippen molar-refractivity contribution in [1.82, 2.24) is 5.48 Å². The van der Waals surface area contributed by atoms with Gasteiger partial charge in [0.1, 0.15) is 6.10 Å². The summed E-state index contributed by atoms with van der Waals surface area (Å²) < 4.78 is 0. The molecule has 0 amide bonds. The smallest absolute Gasteiger partial charge is 0.103 e. The monoisotopic (exact) mass is 271 g/mol. The highest BCUT2D eigenvalue weighted by Gasteiger charge is 2.16. The fraction of sp³-hybridized carbons (Fsp3) is 0.125. The molecule has 3 heteroatoms. The van der Waals surface area contributed by atoms with Gasteiger partial charge in [-0.25, -0.2) is 0 Å². The molecule has 1 aliphatic rings. The highest BCUT2D eigenvalue weighted by atomic mass is 35.5. The Labute approximate surface area is 117 Å². The van der Waals surface area contributed by atoms with E-state index in [1.807, 2.05) is 43.3 Å². The standard InChI is InChI=1S/C16H14ClNO/c1-11-10-16(18-19-11)15-5-3-2-4-14(15)12-6-8-13(17)9-7-12/h2-11,18H,1H3. The van der Waals surface area contributed by atoms with Crippen molar-refractivity contribution in [2.45, 2.75) is 13.0 Å². The van der Waals surface area contributed by atoms with E-state index in [1.54, 1.807) is 0 Å². The summed E-state index contributed by atoms with van der Waals surface area (Å²) in [5, 5.41) is 0.747. The predicted octanol–water partition coefficient (Wildman–Crippen LogP) is 4.27. The molecular weight excluding hydrogens is 258 g/mol. The summed E-state index contributed by atoms with van der Waals surface area (Å²) in [4.78, 5) is 5.37. The van der Waals surface area contributed by atoms with Crippen LogP contribution in [-0.4, -0.2) is 6.10 Å². The highest BCUT2D eigenvalue weighted by molar-refractivity contribution is 6.30. The summed E-state index contributed by atoms with van der Waals surface area (Å²) in [7, 11) is 0. The summed E-state index contributed by atoms with van der Waals surface area (Å²) in [6, 6.07) is 16.1. The second-order valence-electron chi connectivity index (χ2n) is 4.56. The largest absolute Gasteiger partial charge is 0.269 e. The molecule has 0 fully saturated rings. The van der Waals surface area contributed by atoms with Crippen molar-refractivity contribution in [2.75, 3.05) is 0 Å². The van der Waals surface area contributed by atoms with Gasteiger partial charge in [-0.1, -0.05) is 48.0 Å². The third-order valence-corrected chi connectivity index (χ3v) is 3.38. The first-order valence-corrected chi connectivity index (χ1v) is 6.60. The van der Waals surface area contributed by atoms with E-state index in [9.17, 15) is 0 Å². The van der Waals surface area contributed by atoms with Gasteiger partial charge >= 0.3 is 0 Å². The van der Waals surface area contributed by atoms with Gasteiger partial charge < -0.3 is 0 Å². The number of benzene rings is 2. The minimum absolute atomic E-state index is 0.0910. The van der Waals surface area contributed by atoms with Gasteiger partial charge in [0.15, 0.2) is 0 Å². The van der Waals surface area contributed by atoms with Crippen LogP contribution in [-0.2, 0) is 4.84 Å².